The zero-order valence-corrected chi connectivity index (χ0v) is 14.4. The quantitative estimate of drug-likeness (QED) is 0.802. The lowest BCUT2D eigenvalue weighted by atomic mass is 9.82. The van der Waals surface area contributed by atoms with Crippen LogP contribution in [0.3, 0.4) is 0 Å². The average molecular weight is 331 g/mol. The van der Waals surface area contributed by atoms with Gasteiger partial charge in [0, 0.05) is 31.7 Å². The minimum absolute atomic E-state index is 0.0417. The molecular formula is C18H25N3O3. The van der Waals surface area contributed by atoms with Crippen LogP contribution < -0.4 is 0 Å². The first-order chi connectivity index (χ1) is 11.6. The molecule has 1 N–H and O–H groups in total. The minimum atomic E-state index is -0.113. The van der Waals surface area contributed by atoms with Crippen LogP contribution in [0.4, 0.5) is 0 Å². The van der Waals surface area contributed by atoms with Crippen molar-refractivity contribution in [3.63, 3.8) is 0 Å². The van der Waals surface area contributed by atoms with E-state index in [1.165, 1.54) is 0 Å². The smallest absolute Gasteiger partial charge is 0.275 e. The van der Waals surface area contributed by atoms with E-state index in [2.05, 4.69) is 22.3 Å². The second kappa shape index (κ2) is 6.01. The second-order valence-corrected chi connectivity index (χ2v) is 7.19. The Bertz CT molecular complexity index is 660. The number of hydrogen-bond acceptors (Lipinski definition) is 4. The zero-order valence-electron chi connectivity index (χ0n) is 14.4. The molecule has 0 saturated carbocycles. The minimum Gasteiger partial charge on any atom is -0.381 e. The molecule has 0 bridgehead atoms. The molecule has 3 aliphatic rings. The zero-order chi connectivity index (χ0) is 16.7. The fourth-order valence-corrected chi connectivity index (χ4v) is 4.29. The van der Waals surface area contributed by atoms with Crippen molar-refractivity contribution in [2.75, 3.05) is 19.8 Å². The summed E-state index contributed by atoms with van der Waals surface area (Å²) in [5, 5.41) is 7.43. The molecule has 3 aliphatic heterocycles. The van der Waals surface area contributed by atoms with Crippen molar-refractivity contribution in [2.24, 2.45) is 0 Å². The Hall–Kier alpha value is -1.66. The third-order valence-electron chi connectivity index (χ3n) is 5.63. The first-order valence-electron chi connectivity index (χ1n) is 8.88. The average Bonchev–Trinajstić information content (AvgIpc) is 2.99. The van der Waals surface area contributed by atoms with Gasteiger partial charge in [-0.1, -0.05) is 12.2 Å². The van der Waals surface area contributed by atoms with Gasteiger partial charge in [-0.05, 0) is 33.1 Å². The lowest BCUT2D eigenvalue weighted by molar-refractivity contribution is -0.0185. The highest BCUT2D eigenvalue weighted by Gasteiger charge is 2.43. The predicted molar refractivity (Wildman–Crippen MR) is 88.8 cm³/mol. The standard InChI is InChI=1S/C18H25N3O3/c1-12-11-14-15(13(2)24-12)19-20-16(14)17(22)21-8-4-3-5-18(21)6-9-23-10-7-18/h3-4,12-13H,5-11H2,1-2H3,(H,19,20)/t12-,13+/m1/s1. The monoisotopic (exact) mass is 331 g/mol. The maximum absolute atomic E-state index is 13.3. The van der Waals surface area contributed by atoms with Gasteiger partial charge in [-0.3, -0.25) is 9.89 Å². The fourth-order valence-electron chi connectivity index (χ4n) is 4.29. The van der Waals surface area contributed by atoms with Crippen molar-refractivity contribution in [3.8, 4) is 0 Å². The highest BCUT2D eigenvalue weighted by Crippen LogP contribution is 2.37. The highest BCUT2D eigenvalue weighted by molar-refractivity contribution is 5.95. The van der Waals surface area contributed by atoms with Crippen LogP contribution in [-0.2, 0) is 15.9 Å². The Morgan fingerprint density at radius 2 is 2.12 bits per heavy atom. The molecule has 0 aliphatic carbocycles. The molecule has 0 unspecified atom stereocenters. The summed E-state index contributed by atoms with van der Waals surface area (Å²) in [6, 6.07) is 0. The highest BCUT2D eigenvalue weighted by atomic mass is 16.5. The van der Waals surface area contributed by atoms with Crippen molar-refractivity contribution < 1.29 is 14.3 Å². The van der Waals surface area contributed by atoms with Gasteiger partial charge < -0.3 is 14.4 Å². The lowest BCUT2D eigenvalue weighted by Crippen LogP contribution is -2.56. The van der Waals surface area contributed by atoms with Crippen molar-refractivity contribution >= 4 is 5.91 Å². The third-order valence-corrected chi connectivity index (χ3v) is 5.63. The number of H-pyrrole nitrogens is 1. The van der Waals surface area contributed by atoms with E-state index in [0.717, 1.165) is 50.2 Å². The molecule has 0 radical (unpaired) electrons. The summed E-state index contributed by atoms with van der Waals surface area (Å²) in [4.78, 5) is 15.4. The van der Waals surface area contributed by atoms with E-state index < -0.39 is 0 Å². The molecule has 1 saturated heterocycles. The maximum atomic E-state index is 13.3. The topological polar surface area (TPSA) is 67.5 Å². The number of aromatic amines is 1. The first-order valence-corrected chi connectivity index (χ1v) is 8.88. The summed E-state index contributed by atoms with van der Waals surface area (Å²) in [5.74, 6) is 0.0417. The number of carbonyl (C=O) groups excluding carboxylic acids is 1. The van der Waals surface area contributed by atoms with Gasteiger partial charge in [0.15, 0.2) is 5.69 Å². The molecule has 24 heavy (non-hydrogen) atoms. The van der Waals surface area contributed by atoms with Crippen molar-refractivity contribution in [3.05, 3.63) is 29.1 Å². The number of hydrogen-bond donors (Lipinski definition) is 1. The van der Waals surface area contributed by atoms with Crippen molar-refractivity contribution in [1.82, 2.24) is 15.1 Å². The van der Waals surface area contributed by atoms with E-state index in [9.17, 15) is 4.79 Å². The van der Waals surface area contributed by atoms with E-state index in [1.54, 1.807) is 0 Å². The predicted octanol–water partition coefficient (Wildman–Crippen LogP) is 2.38. The van der Waals surface area contributed by atoms with Crippen molar-refractivity contribution in [2.45, 2.75) is 57.3 Å². The van der Waals surface area contributed by atoms with Crippen LogP contribution in [0.5, 0.6) is 0 Å². The number of carbonyl (C=O) groups is 1. The molecule has 4 heterocycles. The van der Waals surface area contributed by atoms with Crippen LogP contribution >= 0.6 is 0 Å². The van der Waals surface area contributed by atoms with E-state index in [4.69, 9.17) is 9.47 Å². The van der Waals surface area contributed by atoms with E-state index in [0.29, 0.717) is 12.2 Å². The molecule has 6 nitrogen and oxygen atoms in total. The Kier molecular flexibility index (Phi) is 3.96. The van der Waals surface area contributed by atoms with Gasteiger partial charge in [-0.2, -0.15) is 5.10 Å². The van der Waals surface area contributed by atoms with Crippen LogP contribution in [-0.4, -0.2) is 52.4 Å². The summed E-state index contributed by atoms with van der Waals surface area (Å²) in [5.41, 5.74) is 2.44. The summed E-state index contributed by atoms with van der Waals surface area (Å²) in [6.07, 6.45) is 7.78. The Morgan fingerprint density at radius 1 is 1.33 bits per heavy atom. The van der Waals surface area contributed by atoms with Gasteiger partial charge >= 0.3 is 0 Å². The van der Waals surface area contributed by atoms with Gasteiger partial charge in [-0.25, -0.2) is 0 Å². The molecule has 1 spiro atoms. The summed E-state index contributed by atoms with van der Waals surface area (Å²) >= 11 is 0. The van der Waals surface area contributed by atoms with Gasteiger partial charge in [0.1, 0.15) is 0 Å². The van der Waals surface area contributed by atoms with Crippen LogP contribution in [0.25, 0.3) is 0 Å². The third kappa shape index (κ3) is 2.48. The Labute approximate surface area is 142 Å². The van der Waals surface area contributed by atoms with Crippen LogP contribution in [0, 0.1) is 0 Å². The van der Waals surface area contributed by atoms with Crippen LogP contribution in [0.2, 0.25) is 0 Å². The molecule has 1 fully saturated rings. The molecule has 130 valence electrons. The molecular weight excluding hydrogens is 306 g/mol. The van der Waals surface area contributed by atoms with Gasteiger partial charge in [0.2, 0.25) is 0 Å². The largest absolute Gasteiger partial charge is 0.381 e. The molecule has 6 heteroatoms. The molecule has 1 aromatic heterocycles. The SMILES string of the molecule is C[C@@H]1Cc2c(C(=O)N3CC=CCC34CCOCC4)n[nH]c2[C@H](C)O1. The molecule has 1 aromatic rings. The van der Waals surface area contributed by atoms with E-state index in [1.807, 2.05) is 18.7 Å². The van der Waals surface area contributed by atoms with Crippen molar-refractivity contribution in [1.29, 1.82) is 0 Å². The molecule has 4 rings (SSSR count). The van der Waals surface area contributed by atoms with Gasteiger partial charge in [-0.15, -0.1) is 0 Å². The number of rotatable bonds is 1. The van der Waals surface area contributed by atoms with Gasteiger partial charge in [0.05, 0.1) is 23.4 Å². The second-order valence-electron chi connectivity index (χ2n) is 7.19. The summed E-state index contributed by atoms with van der Waals surface area (Å²) in [7, 11) is 0. The van der Waals surface area contributed by atoms with Gasteiger partial charge in [0.25, 0.3) is 5.91 Å². The first kappa shape index (κ1) is 15.8. The Morgan fingerprint density at radius 3 is 2.92 bits per heavy atom. The van der Waals surface area contributed by atoms with Crippen LogP contribution in [0.15, 0.2) is 12.2 Å². The summed E-state index contributed by atoms with van der Waals surface area (Å²) in [6.45, 7) is 6.15. The number of aromatic nitrogens is 2. The number of amides is 1. The fraction of sp³-hybridized carbons (Fsp3) is 0.667. The lowest BCUT2D eigenvalue weighted by Gasteiger charge is -2.47. The molecule has 2 atom stereocenters. The number of nitrogens with zero attached hydrogens (tertiary/aromatic N) is 2. The molecule has 1 amide bonds. The van der Waals surface area contributed by atoms with E-state index in [-0.39, 0.29) is 23.7 Å². The maximum Gasteiger partial charge on any atom is 0.275 e. The molecule has 0 aromatic carbocycles. The summed E-state index contributed by atoms with van der Waals surface area (Å²) < 4.78 is 11.4. The van der Waals surface area contributed by atoms with E-state index >= 15 is 0 Å². The number of fused-ring (bicyclic) bond motifs is 1. The Balaban J connectivity index is 1.67. The van der Waals surface area contributed by atoms with Crippen LogP contribution in [0.1, 0.15) is 61.0 Å². The normalized spacial score (nSPS) is 28.8. The number of nitrogens with one attached hydrogen (secondary N) is 1. The number of ether oxygens (including phenoxy) is 2.